The van der Waals surface area contributed by atoms with E-state index in [0.29, 0.717) is 38.1 Å². The number of aromatic nitrogens is 2. The molecule has 0 spiro atoms. The van der Waals surface area contributed by atoms with E-state index in [0.717, 1.165) is 0 Å². The smallest absolute Gasteiger partial charge is 0.288 e. The third kappa shape index (κ3) is 2.71. The largest absolute Gasteiger partial charge is 0.330 e. The first-order valence-corrected chi connectivity index (χ1v) is 7.29. The molecule has 1 aromatic heterocycles. The Kier molecular flexibility index (Phi) is 3.77. The summed E-state index contributed by atoms with van der Waals surface area (Å²) in [5, 5.41) is 0. The molecule has 0 saturated carbocycles. The number of alkyl halides is 2. The quantitative estimate of drug-likeness (QED) is 0.531. The zero-order valence-corrected chi connectivity index (χ0v) is 12.1. The number of nitrogens with zero attached hydrogens (tertiary/aromatic N) is 1. The summed E-state index contributed by atoms with van der Waals surface area (Å²) in [5.41, 5.74) is 1.71. The van der Waals surface area contributed by atoms with Gasteiger partial charge in [-0.15, -0.1) is 0 Å². The first kappa shape index (κ1) is 14.2. The molecule has 0 aliphatic carbocycles. The van der Waals surface area contributed by atoms with Gasteiger partial charge in [0.2, 0.25) is 0 Å². The molecule has 0 amide bonds. The molecule has 0 bridgehead atoms. The summed E-state index contributed by atoms with van der Waals surface area (Å²) < 4.78 is 40.6. The third-order valence-corrected chi connectivity index (χ3v) is 4.03. The highest BCUT2D eigenvalue weighted by atomic mass is 32.2. The molecule has 0 unspecified atom stereocenters. The van der Waals surface area contributed by atoms with E-state index in [2.05, 4.69) is 4.98 Å². The van der Waals surface area contributed by atoms with Crippen LogP contribution in [0, 0.1) is 10.6 Å². The summed E-state index contributed by atoms with van der Waals surface area (Å²) in [6.07, 6.45) is 0. The molecule has 2 nitrogen and oxygen atoms in total. The van der Waals surface area contributed by atoms with Crippen molar-refractivity contribution < 1.29 is 13.2 Å². The van der Waals surface area contributed by atoms with Crippen LogP contribution in [0.15, 0.2) is 47.4 Å². The number of hydrogen-bond donors (Lipinski definition) is 1. The average molecular weight is 326 g/mol. The number of fused-ring (bicyclic) bond motifs is 1. The second kappa shape index (κ2) is 5.57. The summed E-state index contributed by atoms with van der Waals surface area (Å²) in [7, 11) is 0. The molecule has 2 aromatic carbocycles. The van der Waals surface area contributed by atoms with Gasteiger partial charge in [-0.2, -0.15) is 8.78 Å². The highest BCUT2D eigenvalue weighted by Crippen LogP contribution is 2.32. The number of aromatic amines is 1. The van der Waals surface area contributed by atoms with Crippen LogP contribution in [-0.4, -0.2) is 15.3 Å². The maximum atomic E-state index is 13.3. The lowest BCUT2D eigenvalue weighted by Crippen LogP contribution is -1.97. The van der Waals surface area contributed by atoms with Gasteiger partial charge in [0.15, 0.2) is 4.77 Å². The van der Waals surface area contributed by atoms with Crippen molar-refractivity contribution in [3.05, 3.63) is 53.1 Å². The molecule has 7 heteroatoms. The van der Waals surface area contributed by atoms with Crippen molar-refractivity contribution in [3.8, 4) is 5.69 Å². The molecular weight excluding hydrogens is 317 g/mol. The van der Waals surface area contributed by atoms with E-state index in [1.165, 1.54) is 12.1 Å². The maximum absolute atomic E-state index is 13.3. The van der Waals surface area contributed by atoms with E-state index in [1.54, 1.807) is 34.9 Å². The van der Waals surface area contributed by atoms with Crippen molar-refractivity contribution in [1.29, 1.82) is 0 Å². The van der Waals surface area contributed by atoms with Crippen molar-refractivity contribution >= 4 is 35.0 Å². The topological polar surface area (TPSA) is 20.7 Å². The first-order chi connectivity index (χ1) is 10.1. The van der Waals surface area contributed by atoms with Crippen LogP contribution < -0.4 is 0 Å². The lowest BCUT2D eigenvalue weighted by molar-refractivity contribution is 0.252. The Morgan fingerprint density at radius 3 is 2.67 bits per heavy atom. The number of H-pyrrole nitrogens is 1. The Hall–Kier alpha value is -1.73. The van der Waals surface area contributed by atoms with Crippen LogP contribution in [0.3, 0.4) is 0 Å². The molecule has 3 aromatic rings. The van der Waals surface area contributed by atoms with Crippen LogP contribution >= 0.6 is 24.0 Å². The molecule has 108 valence electrons. The van der Waals surface area contributed by atoms with Gasteiger partial charge in [0.05, 0.1) is 16.7 Å². The highest BCUT2D eigenvalue weighted by Gasteiger charge is 2.14. The molecule has 1 heterocycles. The monoisotopic (exact) mass is 326 g/mol. The Morgan fingerprint density at radius 2 is 1.90 bits per heavy atom. The number of imidazole rings is 1. The molecule has 0 fully saturated rings. The number of hydrogen-bond acceptors (Lipinski definition) is 2. The third-order valence-electron chi connectivity index (χ3n) is 2.97. The van der Waals surface area contributed by atoms with Crippen molar-refractivity contribution in [2.45, 2.75) is 10.7 Å². The Labute approximate surface area is 127 Å². The molecule has 0 radical (unpaired) electrons. The fourth-order valence-corrected chi connectivity index (χ4v) is 3.10. The van der Waals surface area contributed by atoms with Gasteiger partial charge in [-0.25, -0.2) is 4.39 Å². The Morgan fingerprint density at radius 1 is 1.14 bits per heavy atom. The van der Waals surface area contributed by atoms with E-state index < -0.39 is 5.76 Å². The van der Waals surface area contributed by atoms with Gasteiger partial charge in [0.1, 0.15) is 5.82 Å². The number of thioether (sulfide) groups is 1. The highest BCUT2D eigenvalue weighted by molar-refractivity contribution is 7.99. The van der Waals surface area contributed by atoms with Crippen LogP contribution in [0.25, 0.3) is 16.7 Å². The number of para-hydroxylation sites is 1. The molecule has 0 atom stereocenters. The Balaban J connectivity index is 2.26. The van der Waals surface area contributed by atoms with Crippen molar-refractivity contribution in [2.24, 2.45) is 0 Å². The minimum atomic E-state index is -2.53. The van der Waals surface area contributed by atoms with E-state index in [4.69, 9.17) is 12.2 Å². The molecule has 1 N–H and O–H groups in total. The summed E-state index contributed by atoms with van der Waals surface area (Å²) in [5.74, 6) is -2.91. The average Bonchev–Trinajstić information content (AvgIpc) is 2.74. The summed E-state index contributed by atoms with van der Waals surface area (Å²) in [6, 6.07) is 10.9. The van der Waals surface area contributed by atoms with Crippen molar-refractivity contribution in [3.63, 3.8) is 0 Å². The van der Waals surface area contributed by atoms with E-state index in [1.807, 2.05) is 0 Å². The minimum Gasteiger partial charge on any atom is -0.330 e. The van der Waals surface area contributed by atoms with Gasteiger partial charge in [0.25, 0.3) is 5.76 Å². The van der Waals surface area contributed by atoms with Gasteiger partial charge in [-0.05, 0) is 42.5 Å². The van der Waals surface area contributed by atoms with Gasteiger partial charge >= 0.3 is 0 Å². The summed E-state index contributed by atoms with van der Waals surface area (Å²) >= 11 is 5.69. The number of benzene rings is 2. The minimum absolute atomic E-state index is 0.331. The number of nitrogens with one attached hydrogen (secondary N) is 1. The predicted octanol–water partition coefficient (Wildman–Crippen LogP) is 5.14. The van der Waals surface area contributed by atoms with Gasteiger partial charge in [-0.3, -0.25) is 4.57 Å². The first-order valence-electron chi connectivity index (χ1n) is 6.01. The van der Waals surface area contributed by atoms with Crippen LogP contribution in [0.1, 0.15) is 0 Å². The summed E-state index contributed by atoms with van der Waals surface area (Å²) in [4.78, 5) is 3.30. The SMILES string of the molecule is Fc1ccc2c(c1)[nH]c(=S)n2-c1ccccc1SC(F)F. The summed E-state index contributed by atoms with van der Waals surface area (Å²) in [6.45, 7) is 0. The fourth-order valence-electron chi connectivity index (χ4n) is 2.16. The molecule has 0 saturated heterocycles. The van der Waals surface area contributed by atoms with E-state index >= 15 is 0 Å². The van der Waals surface area contributed by atoms with Gasteiger partial charge in [0, 0.05) is 4.90 Å². The molecule has 21 heavy (non-hydrogen) atoms. The molecule has 3 rings (SSSR count). The number of halogens is 3. The molecular formula is C14H9F3N2S2. The van der Waals surface area contributed by atoms with Crippen molar-refractivity contribution in [2.75, 3.05) is 0 Å². The van der Waals surface area contributed by atoms with Gasteiger partial charge < -0.3 is 4.98 Å². The standard InChI is InChI=1S/C14H9F3N2S2/c15-8-5-6-10-9(7-8)18-14(20)19(10)11-3-1-2-4-12(11)21-13(16)17/h1-7,13H,(H,18,20). The zero-order valence-electron chi connectivity index (χ0n) is 10.5. The maximum Gasteiger partial charge on any atom is 0.288 e. The lowest BCUT2D eigenvalue weighted by atomic mass is 10.2. The van der Waals surface area contributed by atoms with Crippen LogP contribution in [0.2, 0.25) is 0 Å². The fraction of sp³-hybridized carbons (Fsp3) is 0.0714. The molecule has 0 aliphatic heterocycles. The van der Waals surface area contributed by atoms with Crippen LogP contribution in [-0.2, 0) is 0 Å². The van der Waals surface area contributed by atoms with E-state index in [9.17, 15) is 13.2 Å². The van der Waals surface area contributed by atoms with E-state index in [-0.39, 0.29) is 5.82 Å². The normalized spacial score (nSPS) is 11.4. The molecule has 0 aliphatic rings. The van der Waals surface area contributed by atoms with Crippen molar-refractivity contribution in [1.82, 2.24) is 9.55 Å². The zero-order chi connectivity index (χ0) is 15.0. The Bertz CT molecular complexity index is 855. The number of rotatable bonds is 3. The van der Waals surface area contributed by atoms with Crippen LogP contribution in [0.4, 0.5) is 13.2 Å². The second-order valence-electron chi connectivity index (χ2n) is 4.27. The van der Waals surface area contributed by atoms with Crippen LogP contribution in [0.5, 0.6) is 0 Å². The predicted molar refractivity (Wildman–Crippen MR) is 80.3 cm³/mol. The second-order valence-corrected chi connectivity index (χ2v) is 5.69. The van der Waals surface area contributed by atoms with Gasteiger partial charge in [-0.1, -0.05) is 23.9 Å². The lowest BCUT2D eigenvalue weighted by Gasteiger charge is -2.10.